The lowest BCUT2D eigenvalue weighted by Gasteiger charge is -2.21. The SMILES string of the molecule is CCN(Cc1ccc(Cl)s1)C(=O)c1cc(N)ccc1OC. The highest BCUT2D eigenvalue weighted by atomic mass is 35.5. The van der Waals surface area contributed by atoms with E-state index in [9.17, 15) is 4.79 Å². The van der Waals surface area contributed by atoms with Gasteiger partial charge in [0.15, 0.2) is 0 Å². The van der Waals surface area contributed by atoms with E-state index < -0.39 is 0 Å². The van der Waals surface area contributed by atoms with Crippen LogP contribution in [0.15, 0.2) is 30.3 Å². The van der Waals surface area contributed by atoms with E-state index in [1.807, 2.05) is 19.1 Å². The number of carbonyl (C=O) groups is 1. The van der Waals surface area contributed by atoms with Crippen LogP contribution in [-0.4, -0.2) is 24.5 Å². The molecule has 0 bridgehead atoms. The summed E-state index contributed by atoms with van der Waals surface area (Å²) in [5.74, 6) is 0.419. The van der Waals surface area contributed by atoms with Crippen molar-refractivity contribution in [1.29, 1.82) is 0 Å². The summed E-state index contributed by atoms with van der Waals surface area (Å²) in [6, 6.07) is 8.83. The van der Waals surface area contributed by atoms with E-state index in [0.29, 0.717) is 30.1 Å². The third-order valence-electron chi connectivity index (χ3n) is 3.10. The van der Waals surface area contributed by atoms with Gasteiger partial charge < -0.3 is 15.4 Å². The Morgan fingerprint density at radius 1 is 1.38 bits per heavy atom. The summed E-state index contributed by atoms with van der Waals surface area (Å²) in [7, 11) is 1.54. The van der Waals surface area contributed by atoms with Crippen molar-refractivity contribution in [3.8, 4) is 5.75 Å². The van der Waals surface area contributed by atoms with Crippen molar-refractivity contribution in [3.63, 3.8) is 0 Å². The summed E-state index contributed by atoms with van der Waals surface area (Å²) in [6.45, 7) is 3.04. The monoisotopic (exact) mass is 324 g/mol. The molecule has 0 radical (unpaired) electrons. The van der Waals surface area contributed by atoms with Gasteiger partial charge in [0, 0.05) is 17.1 Å². The van der Waals surface area contributed by atoms with Crippen LogP contribution in [0.2, 0.25) is 4.34 Å². The quantitative estimate of drug-likeness (QED) is 0.854. The highest BCUT2D eigenvalue weighted by molar-refractivity contribution is 7.16. The number of hydrogen-bond acceptors (Lipinski definition) is 4. The molecule has 1 aromatic carbocycles. The first-order valence-electron chi connectivity index (χ1n) is 6.52. The second-order valence-corrected chi connectivity index (χ2v) is 6.28. The van der Waals surface area contributed by atoms with Gasteiger partial charge in [0.1, 0.15) is 5.75 Å². The third-order valence-corrected chi connectivity index (χ3v) is 4.31. The Balaban J connectivity index is 2.25. The average molecular weight is 325 g/mol. The van der Waals surface area contributed by atoms with E-state index in [4.69, 9.17) is 22.1 Å². The molecule has 0 aliphatic rings. The highest BCUT2D eigenvalue weighted by Gasteiger charge is 2.19. The maximum Gasteiger partial charge on any atom is 0.258 e. The Morgan fingerprint density at radius 3 is 2.71 bits per heavy atom. The molecular weight excluding hydrogens is 308 g/mol. The van der Waals surface area contributed by atoms with Crippen LogP contribution in [-0.2, 0) is 6.54 Å². The Morgan fingerprint density at radius 2 is 2.14 bits per heavy atom. The first-order chi connectivity index (χ1) is 10.0. The van der Waals surface area contributed by atoms with Crippen molar-refractivity contribution in [2.45, 2.75) is 13.5 Å². The number of nitrogens with zero attached hydrogens (tertiary/aromatic N) is 1. The molecule has 21 heavy (non-hydrogen) atoms. The van der Waals surface area contributed by atoms with Crippen LogP contribution in [0.1, 0.15) is 22.2 Å². The van der Waals surface area contributed by atoms with Crippen LogP contribution in [0, 0.1) is 0 Å². The largest absolute Gasteiger partial charge is 0.496 e. The van der Waals surface area contributed by atoms with Gasteiger partial charge in [-0.05, 0) is 37.3 Å². The van der Waals surface area contributed by atoms with Crippen molar-refractivity contribution in [2.75, 3.05) is 19.4 Å². The van der Waals surface area contributed by atoms with Gasteiger partial charge in [-0.1, -0.05) is 11.6 Å². The van der Waals surface area contributed by atoms with E-state index in [2.05, 4.69) is 0 Å². The number of halogens is 1. The van der Waals surface area contributed by atoms with Crippen molar-refractivity contribution in [3.05, 3.63) is 45.1 Å². The fourth-order valence-corrected chi connectivity index (χ4v) is 3.12. The lowest BCUT2D eigenvalue weighted by Crippen LogP contribution is -2.30. The molecule has 4 nitrogen and oxygen atoms in total. The first kappa shape index (κ1) is 15.7. The molecule has 0 fully saturated rings. The molecule has 0 saturated carbocycles. The summed E-state index contributed by atoms with van der Waals surface area (Å²) in [6.07, 6.45) is 0. The van der Waals surface area contributed by atoms with E-state index >= 15 is 0 Å². The maximum atomic E-state index is 12.7. The van der Waals surface area contributed by atoms with Crippen LogP contribution in [0.3, 0.4) is 0 Å². The number of nitrogens with two attached hydrogens (primary N) is 1. The minimum absolute atomic E-state index is 0.105. The topological polar surface area (TPSA) is 55.6 Å². The van der Waals surface area contributed by atoms with Gasteiger partial charge in [0.25, 0.3) is 5.91 Å². The van der Waals surface area contributed by atoms with Crippen LogP contribution >= 0.6 is 22.9 Å². The van der Waals surface area contributed by atoms with E-state index in [1.54, 1.807) is 23.1 Å². The summed E-state index contributed by atoms with van der Waals surface area (Å²) < 4.78 is 5.97. The number of amides is 1. The summed E-state index contributed by atoms with van der Waals surface area (Å²) in [5.41, 5.74) is 6.79. The standard InChI is InChI=1S/C15H17ClN2O2S/c1-3-18(9-11-5-7-14(16)21-11)15(19)12-8-10(17)4-6-13(12)20-2/h4-8H,3,9,17H2,1-2H3. The molecule has 2 rings (SSSR count). The number of ether oxygens (including phenoxy) is 1. The smallest absolute Gasteiger partial charge is 0.258 e. The maximum absolute atomic E-state index is 12.7. The number of anilines is 1. The van der Waals surface area contributed by atoms with Crippen LogP contribution in [0.25, 0.3) is 0 Å². The van der Waals surface area contributed by atoms with Gasteiger partial charge in [0.05, 0.1) is 23.6 Å². The molecule has 0 saturated heterocycles. The average Bonchev–Trinajstić information content (AvgIpc) is 2.89. The Hall–Kier alpha value is -1.72. The number of carbonyl (C=O) groups excluding carboxylic acids is 1. The predicted octanol–water partition coefficient (Wildman–Crippen LogP) is 3.65. The zero-order chi connectivity index (χ0) is 15.4. The lowest BCUT2D eigenvalue weighted by molar-refractivity contribution is 0.0751. The van der Waals surface area contributed by atoms with E-state index in [1.165, 1.54) is 18.4 Å². The molecule has 0 spiro atoms. The minimum atomic E-state index is -0.105. The van der Waals surface area contributed by atoms with Crippen molar-refractivity contribution in [2.24, 2.45) is 0 Å². The highest BCUT2D eigenvalue weighted by Crippen LogP contribution is 2.26. The molecule has 1 heterocycles. The van der Waals surface area contributed by atoms with E-state index in [-0.39, 0.29) is 5.91 Å². The zero-order valence-electron chi connectivity index (χ0n) is 11.9. The lowest BCUT2D eigenvalue weighted by atomic mass is 10.1. The fraction of sp³-hybridized carbons (Fsp3) is 0.267. The van der Waals surface area contributed by atoms with Crippen LogP contribution < -0.4 is 10.5 Å². The molecule has 0 aliphatic carbocycles. The summed E-state index contributed by atoms with van der Waals surface area (Å²) in [4.78, 5) is 15.5. The van der Waals surface area contributed by atoms with Gasteiger partial charge in [0.2, 0.25) is 0 Å². The molecule has 2 aromatic rings. The van der Waals surface area contributed by atoms with E-state index in [0.717, 1.165) is 9.21 Å². The molecular formula is C15H17ClN2O2S. The van der Waals surface area contributed by atoms with Gasteiger partial charge in [-0.3, -0.25) is 4.79 Å². The Kier molecular flexibility index (Phi) is 5.09. The Bertz CT molecular complexity index is 642. The van der Waals surface area contributed by atoms with Gasteiger partial charge in [-0.2, -0.15) is 0 Å². The molecule has 1 amide bonds. The van der Waals surface area contributed by atoms with Gasteiger partial charge >= 0.3 is 0 Å². The molecule has 112 valence electrons. The third kappa shape index (κ3) is 3.68. The Labute approximate surface area is 133 Å². The summed E-state index contributed by atoms with van der Waals surface area (Å²) >= 11 is 7.40. The van der Waals surface area contributed by atoms with Crippen LogP contribution in [0.5, 0.6) is 5.75 Å². The van der Waals surface area contributed by atoms with Crippen molar-refractivity contribution < 1.29 is 9.53 Å². The predicted molar refractivity (Wildman–Crippen MR) is 87.1 cm³/mol. The minimum Gasteiger partial charge on any atom is -0.496 e. The number of rotatable bonds is 5. The number of methoxy groups -OCH3 is 1. The number of benzene rings is 1. The van der Waals surface area contributed by atoms with Crippen molar-refractivity contribution in [1.82, 2.24) is 4.90 Å². The molecule has 2 N–H and O–H groups in total. The van der Waals surface area contributed by atoms with Crippen molar-refractivity contribution >= 4 is 34.5 Å². The number of nitrogen functional groups attached to an aromatic ring is 1. The van der Waals surface area contributed by atoms with Gasteiger partial charge in [-0.15, -0.1) is 11.3 Å². The fourth-order valence-electron chi connectivity index (χ4n) is 2.02. The van der Waals surface area contributed by atoms with Crippen LogP contribution in [0.4, 0.5) is 5.69 Å². The zero-order valence-corrected chi connectivity index (χ0v) is 13.5. The molecule has 0 atom stereocenters. The number of hydrogen-bond donors (Lipinski definition) is 1. The molecule has 1 aromatic heterocycles. The summed E-state index contributed by atoms with van der Waals surface area (Å²) in [5, 5.41) is 0. The number of thiophene rings is 1. The second-order valence-electron chi connectivity index (χ2n) is 4.48. The first-order valence-corrected chi connectivity index (χ1v) is 7.71. The normalized spacial score (nSPS) is 10.4. The molecule has 0 aliphatic heterocycles. The second kappa shape index (κ2) is 6.83. The van der Waals surface area contributed by atoms with Gasteiger partial charge in [-0.25, -0.2) is 0 Å². The molecule has 6 heteroatoms. The molecule has 0 unspecified atom stereocenters.